The molecule has 0 aliphatic carbocycles. The number of carbonyl (C=O) groups excluding carboxylic acids is 2. The molecule has 3 aromatic rings. The number of benzene rings is 2. The van der Waals surface area contributed by atoms with Crippen LogP contribution >= 0.6 is 0 Å². The van der Waals surface area contributed by atoms with Gasteiger partial charge in [0.25, 0.3) is 0 Å². The highest BCUT2D eigenvalue weighted by molar-refractivity contribution is 5.94. The third-order valence-corrected chi connectivity index (χ3v) is 5.21. The van der Waals surface area contributed by atoms with Gasteiger partial charge in [-0.1, -0.05) is 19.9 Å². The Labute approximate surface area is 181 Å². The van der Waals surface area contributed by atoms with E-state index in [9.17, 15) is 14.4 Å². The molecule has 6 nitrogen and oxygen atoms in total. The lowest BCUT2D eigenvalue weighted by atomic mass is 9.78. The van der Waals surface area contributed by atoms with Crippen LogP contribution in [-0.2, 0) is 15.0 Å². The summed E-state index contributed by atoms with van der Waals surface area (Å²) in [6.07, 6.45) is 0.168. The maximum absolute atomic E-state index is 12.9. The first-order chi connectivity index (χ1) is 14.5. The van der Waals surface area contributed by atoms with Crippen molar-refractivity contribution in [3.05, 3.63) is 69.1 Å². The molecule has 1 N–H and O–H groups in total. The van der Waals surface area contributed by atoms with E-state index in [1.807, 2.05) is 52.8 Å². The Morgan fingerprint density at radius 3 is 2.42 bits per heavy atom. The number of esters is 1. The largest absolute Gasteiger partial charge is 0.426 e. The van der Waals surface area contributed by atoms with Gasteiger partial charge in [-0.3, -0.25) is 9.59 Å². The number of nitrogens with one attached hydrogen (secondary N) is 1. The molecule has 0 aliphatic heterocycles. The van der Waals surface area contributed by atoms with Crippen molar-refractivity contribution in [3.63, 3.8) is 0 Å². The fourth-order valence-electron chi connectivity index (χ4n) is 4.13. The van der Waals surface area contributed by atoms with Gasteiger partial charge in [0.1, 0.15) is 11.3 Å². The van der Waals surface area contributed by atoms with Gasteiger partial charge in [-0.05, 0) is 55.7 Å². The minimum absolute atomic E-state index is 0.168. The highest BCUT2D eigenvalue weighted by Gasteiger charge is 2.30. The molecule has 2 aromatic carbocycles. The van der Waals surface area contributed by atoms with Gasteiger partial charge in [-0.15, -0.1) is 0 Å². The van der Waals surface area contributed by atoms with Crippen molar-refractivity contribution in [1.82, 2.24) is 0 Å². The molecule has 0 atom stereocenters. The van der Waals surface area contributed by atoms with Gasteiger partial charge in [-0.25, -0.2) is 4.79 Å². The van der Waals surface area contributed by atoms with Crippen molar-refractivity contribution in [3.8, 4) is 5.75 Å². The van der Waals surface area contributed by atoms with E-state index in [1.165, 1.54) is 13.0 Å². The number of fused-ring (bicyclic) bond motifs is 1. The van der Waals surface area contributed by atoms with Crippen LogP contribution < -0.4 is 15.7 Å². The molecule has 1 heterocycles. The van der Waals surface area contributed by atoms with E-state index >= 15 is 0 Å². The number of carbonyl (C=O) groups is 2. The molecule has 31 heavy (non-hydrogen) atoms. The van der Waals surface area contributed by atoms with Crippen molar-refractivity contribution < 1.29 is 18.7 Å². The van der Waals surface area contributed by atoms with Gasteiger partial charge >= 0.3 is 11.6 Å². The molecule has 1 amide bonds. The number of aryl methyl sites for hydroxylation is 3. The third kappa shape index (κ3) is 5.02. The number of anilines is 1. The van der Waals surface area contributed by atoms with Crippen LogP contribution in [0.25, 0.3) is 11.0 Å². The molecular weight excluding hydrogens is 394 g/mol. The lowest BCUT2D eigenvalue weighted by Crippen LogP contribution is -2.27. The molecule has 162 valence electrons. The second kappa shape index (κ2) is 8.38. The summed E-state index contributed by atoms with van der Waals surface area (Å²) in [6.45, 7) is 11.0. The molecule has 0 radical (unpaired) electrons. The van der Waals surface area contributed by atoms with Crippen molar-refractivity contribution in [2.75, 3.05) is 5.32 Å². The quantitative estimate of drug-likeness (QED) is 0.358. The summed E-state index contributed by atoms with van der Waals surface area (Å²) in [4.78, 5) is 36.1. The summed E-state index contributed by atoms with van der Waals surface area (Å²) in [7, 11) is 0. The van der Waals surface area contributed by atoms with E-state index in [1.54, 1.807) is 12.1 Å². The Bertz CT molecular complexity index is 1240. The second-order valence-electron chi connectivity index (χ2n) is 8.62. The van der Waals surface area contributed by atoms with Crippen molar-refractivity contribution in [1.29, 1.82) is 0 Å². The van der Waals surface area contributed by atoms with E-state index in [0.717, 1.165) is 27.6 Å². The van der Waals surface area contributed by atoms with Crippen LogP contribution in [0.1, 0.15) is 49.4 Å². The first kappa shape index (κ1) is 22.3. The average Bonchev–Trinajstić information content (AvgIpc) is 2.58. The minimum atomic E-state index is -0.591. The molecular formula is C25H27NO5. The SMILES string of the molecule is CC(=O)Oc1cc(C)cc(C)c1C(C)(C)CC(=O)Nc1ccc2c(C)cc(=O)oc2c1. The van der Waals surface area contributed by atoms with Gasteiger partial charge in [0, 0.05) is 47.5 Å². The van der Waals surface area contributed by atoms with Crippen molar-refractivity contribution in [2.24, 2.45) is 0 Å². The number of rotatable bonds is 5. The number of hydrogen-bond acceptors (Lipinski definition) is 5. The Balaban J connectivity index is 1.87. The minimum Gasteiger partial charge on any atom is -0.426 e. The number of hydrogen-bond donors (Lipinski definition) is 1. The predicted molar refractivity (Wildman–Crippen MR) is 121 cm³/mol. The van der Waals surface area contributed by atoms with Crippen molar-refractivity contribution in [2.45, 2.75) is 53.4 Å². The van der Waals surface area contributed by atoms with Crippen LogP contribution in [-0.4, -0.2) is 11.9 Å². The van der Waals surface area contributed by atoms with Crippen LogP contribution in [0.5, 0.6) is 5.75 Å². The van der Waals surface area contributed by atoms with E-state index in [0.29, 0.717) is 17.0 Å². The van der Waals surface area contributed by atoms with Gasteiger partial charge in [0.15, 0.2) is 0 Å². The predicted octanol–water partition coefficient (Wildman–Crippen LogP) is 4.95. The monoisotopic (exact) mass is 421 g/mol. The molecule has 0 unspecified atom stereocenters. The Kier molecular flexibility index (Phi) is 6.02. The molecule has 0 spiro atoms. The zero-order valence-electron chi connectivity index (χ0n) is 18.7. The lowest BCUT2D eigenvalue weighted by Gasteiger charge is -2.29. The molecule has 3 rings (SSSR count). The van der Waals surface area contributed by atoms with E-state index < -0.39 is 17.0 Å². The van der Waals surface area contributed by atoms with E-state index in [-0.39, 0.29) is 12.3 Å². The Hall–Kier alpha value is -3.41. The third-order valence-electron chi connectivity index (χ3n) is 5.21. The summed E-state index contributed by atoms with van der Waals surface area (Å²) in [5.74, 6) is -0.127. The maximum Gasteiger partial charge on any atom is 0.336 e. The highest BCUT2D eigenvalue weighted by Crippen LogP contribution is 2.38. The van der Waals surface area contributed by atoms with Crippen LogP contribution in [0, 0.1) is 20.8 Å². The summed E-state index contributed by atoms with van der Waals surface area (Å²) < 4.78 is 10.7. The van der Waals surface area contributed by atoms with Crippen LogP contribution in [0.3, 0.4) is 0 Å². The van der Waals surface area contributed by atoms with Crippen LogP contribution in [0.4, 0.5) is 5.69 Å². The van der Waals surface area contributed by atoms with Gasteiger partial charge < -0.3 is 14.5 Å². The first-order valence-corrected chi connectivity index (χ1v) is 10.1. The fourth-order valence-corrected chi connectivity index (χ4v) is 4.13. The Morgan fingerprint density at radius 2 is 1.74 bits per heavy atom. The molecule has 0 saturated carbocycles. The molecule has 1 aromatic heterocycles. The van der Waals surface area contributed by atoms with Crippen LogP contribution in [0.2, 0.25) is 0 Å². The normalized spacial score (nSPS) is 11.4. The molecule has 6 heteroatoms. The number of amides is 1. The van der Waals surface area contributed by atoms with Gasteiger partial charge in [-0.2, -0.15) is 0 Å². The summed E-state index contributed by atoms with van der Waals surface area (Å²) >= 11 is 0. The molecule has 0 bridgehead atoms. The van der Waals surface area contributed by atoms with Gasteiger partial charge in [0.05, 0.1) is 0 Å². The standard InChI is InChI=1S/C25H27NO5/c1-14-9-16(3)24(21(10-14)30-17(4)27)25(5,6)13-22(28)26-18-7-8-19-15(2)11-23(29)31-20(19)12-18/h7-12H,13H2,1-6H3,(H,26,28). The summed E-state index contributed by atoms with van der Waals surface area (Å²) in [6, 6.07) is 10.5. The average molecular weight is 421 g/mol. The van der Waals surface area contributed by atoms with E-state index in [4.69, 9.17) is 9.15 Å². The second-order valence-corrected chi connectivity index (χ2v) is 8.62. The van der Waals surface area contributed by atoms with E-state index in [2.05, 4.69) is 5.32 Å². The zero-order valence-corrected chi connectivity index (χ0v) is 18.7. The topological polar surface area (TPSA) is 85.6 Å². The fraction of sp³-hybridized carbons (Fsp3) is 0.320. The molecule has 0 fully saturated rings. The zero-order chi connectivity index (χ0) is 22.9. The highest BCUT2D eigenvalue weighted by atomic mass is 16.5. The first-order valence-electron chi connectivity index (χ1n) is 10.1. The van der Waals surface area contributed by atoms with Crippen molar-refractivity contribution >= 4 is 28.5 Å². The summed E-state index contributed by atoms with van der Waals surface area (Å²) in [5, 5.41) is 3.70. The maximum atomic E-state index is 12.9. The van der Waals surface area contributed by atoms with Crippen LogP contribution in [0.15, 0.2) is 45.6 Å². The van der Waals surface area contributed by atoms with Gasteiger partial charge in [0.2, 0.25) is 5.91 Å². The Morgan fingerprint density at radius 1 is 1.03 bits per heavy atom. The smallest absolute Gasteiger partial charge is 0.336 e. The number of ether oxygens (including phenoxy) is 1. The summed E-state index contributed by atoms with van der Waals surface area (Å²) in [5.41, 5.74) is 3.52. The molecule has 0 saturated heterocycles. The molecule has 0 aliphatic rings. The lowest BCUT2D eigenvalue weighted by molar-refractivity contribution is -0.131.